The fraction of sp³-hybridized carbons (Fsp3) is 0.947. The summed E-state index contributed by atoms with van der Waals surface area (Å²) in [7, 11) is 1.61. The number of hydrogen-bond donors (Lipinski definition) is 0. The van der Waals surface area contributed by atoms with Crippen LogP contribution >= 0.6 is 0 Å². The minimum atomic E-state index is -1.12. The minimum absolute atomic E-state index is 0.278. The highest BCUT2D eigenvalue weighted by molar-refractivity contribution is 5.69. The van der Waals surface area contributed by atoms with Gasteiger partial charge >= 0.3 is 0 Å². The average Bonchev–Trinajstić information content (AvgIpc) is 2.57. The molecule has 0 aromatic carbocycles. The predicted molar refractivity (Wildman–Crippen MR) is 93.9 cm³/mol. The van der Waals surface area contributed by atoms with E-state index in [1.165, 1.54) is 51.4 Å². The van der Waals surface area contributed by atoms with Crippen molar-refractivity contribution >= 4 is 5.97 Å². The Morgan fingerprint density at radius 1 is 0.833 bits per heavy atom. The van der Waals surface area contributed by atoms with Gasteiger partial charge in [0.1, 0.15) is 0 Å². The quantitative estimate of drug-likeness (QED) is 0.337. The van der Waals surface area contributed by atoms with Gasteiger partial charge in [-0.25, -0.2) is 0 Å². The molecule has 0 amide bonds. The van der Waals surface area contributed by atoms with E-state index in [2.05, 4.69) is 6.92 Å². The lowest BCUT2D eigenvalue weighted by Crippen LogP contribution is -2.38. The van der Waals surface area contributed by atoms with Gasteiger partial charge in [0.05, 0.1) is 38.5 Å². The number of unbranched alkanes of at least 4 members (excludes halogenated alkanes) is 9. The van der Waals surface area contributed by atoms with Crippen LogP contribution in [0.25, 0.3) is 0 Å². The third-order valence-electron chi connectivity index (χ3n) is 4.06. The molecule has 5 heteroatoms. The van der Waals surface area contributed by atoms with Gasteiger partial charge in [0.25, 0.3) is 0 Å². The number of methoxy groups -OCH3 is 1. The first-order valence-corrected chi connectivity index (χ1v) is 9.61. The van der Waals surface area contributed by atoms with Gasteiger partial charge in [-0.05, 0) is 6.42 Å². The minimum Gasteiger partial charge on any atom is -0.547 e. The van der Waals surface area contributed by atoms with Crippen LogP contribution in [-0.4, -0.2) is 45.6 Å². The smallest absolute Gasteiger partial charge is 0.0969 e. The van der Waals surface area contributed by atoms with Crippen LogP contribution in [0.2, 0.25) is 0 Å². The molecule has 0 heterocycles. The topological polar surface area (TPSA) is 67.8 Å². The SMILES string of the molecule is CCCCCCCCCCCCC(OCCOCCOC)C(=O)[O-]. The predicted octanol–water partition coefficient (Wildman–Crippen LogP) is 3.10. The standard InChI is InChI=1S/C19H38O5/c1-3-4-5-6-7-8-9-10-11-12-13-18(19(20)21)24-17-16-23-15-14-22-2/h18H,3-17H2,1-2H3,(H,20,21)/p-1. The molecule has 0 aromatic rings. The molecule has 5 nitrogen and oxygen atoms in total. The highest BCUT2D eigenvalue weighted by atomic mass is 16.6. The Morgan fingerprint density at radius 2 is 1.38 bits per heavy atom. The van der Waals surface area contributed by atoms with Crippen molar-refractivity contribution in [2.24, 2.45) is 0 Å². The highest BCUT2D eigenvalue weighted by Gasteiger charge is 2.09. The molecule has 0 bridgehead atoms. The number of carboxylic acids is 1. The second kappa shape index (κ2) is 18.7. The molecule has 144 valence electrons. The number of ether oxygens (including phenoxy) is 3. The molecule has 0 rings (SSSR count). The number of aliphatic carboxylic acids is 1. The van der Waals surface area contributed by atoms with E-state index < -0.39 is 12.1 Å². The van der Waals surface area contributed by atoms with E-state index in [1.807, 2.05) is 0 Å². The maximum absolute atomic E-state index is 11.1. The Labute approximate surface area is 148 Å². The number of carbonyl (C=O) groups is 1. The first kappa shape index (κ1) is 23.4. The van der Waals surface area contributed by atoms with Crippen molar-refractivity contribution in [3.05, 3.63) is 0 Å². The maximum atomic E-state index is 11.1. The van der Waals surface area contributed by atoms with Gasteiger partial charge in [-0.3, -0.25) is 0 Å². The molecule has 0 saturated heterocycles. The monoisotopic (exact) mass is 345 g/mol. The normalized spacial score (nSPS) is 12.4. The lowest BCUT2D eigenvalue weighted by molar-refractivity contribution is -0.317. The summed E-state index contributed by atoms with van der Waals surface area (Å²) in [6.45, 7) is 3.92. The average molecular weight is 346 g/mol. The molecule has 0 N–H and O–H groups in total. The van der Waals surface area contributed by atoms with Crippen LogP contribution in [0.4, 0.5) is 0 Å². The molecular weight excluding hydrogens is 308 g/mol. The van der Waals surface area contributed by atoms with E-state index >= 15 is 0 Å². The highest BCUT2D eigenvalue weighted by Crippen LogP contribution is 2.12. The number of carbonyl (C=O) groups excluding carboxylic acids is 1. The zero-order valence-corrected chi connectivity index (χ0v) is 15.7. The second-order valence-electron chi connectivity index (χ2n) is 6.25. The molecule has 0 aliphatic rings. The summed E-state index contributed by atoms with van der Waals surface area (Å²) >= 11 is 0. The zero-order valence-electron chi connectivity index (χ0n) is 15.7. The van der Waals surface area contributed by atoms with Crippen LogP contribution < -0.4 is 5.11 Å². The fourth-order valence-electron chi connectivity index (χ4n) is 2.58. The Hall–Kier alpha value is -0.650. The Bertz CT molecular complexity index is 270. The summed E-state index contributed by atoms with van der Waals surface area (Å²) < 4.78 is 15.4. The van der Waals surface area contributed by atoms with Gasteiger partial charge in [-0.15, -0.1) is 0 Å². The molecule has 0 saturated carbocycles. The molecule has 0 aliphatic carbocycles. The molecule has 1 unspecified atom stereocenters. The first-order valence-electron chi connectivity index (χ1n) is 9.61. The fourth-order valence-corrected chi connectivity index (χ4v) is 2.58. The lowest BCUT2D eigenvalue weighted by Gasteiger charge is -2.18. The van der Waals surface area contributed by atoms with Crippen LogP contribution in [0.1, 0.15) is 77.6 Å². The van der Waals surface area contributed by atoms with Gasteiger partial charge in [0.15, 0.2) is 0 Å². The summed E-state index contributed by atoms with van der Waals surface area (Å²) in [5, 5.41) is 11.1. The third kappa shape index (κ3) is 16.2. The van der Waals surface area contributed by atoms with E-state index in [4.69, 9.17) is 14.2 Å². The van der Waals surface area contributed by atoms with Crippen molar-refractivity contribution in [3.63, 3.8) is 0 Å². The largest absolute Gasteiger partial charge is 0.547 e. The Balaban J connectivity index is 3.46. The Morgan fingerprint density at radius 3 is 1.92 bits per heavy atom. The summed E-state index contributed by atoms with van der Waals surface area (Å²) in [6, 6.07) is 0. The molecule has 24 heavy (non-hydrogen) atoms. The summed E-state index contributed by atoms with van der Waals surface area (Å²) in [5.74, 6) is -1.12. The summed E-state index contributed by atoms with van der Waals surface area (Å²) in [5.41, 5.74) is 0. The van der Waals surface area contributed by atoms with E-state index in [0.29, 0.717) is 26.2 Å². The van der Waals surface area contributed by atoms with Gasteiger partial charge in [-0.2, -0.15) is 0 Å². The van der Waals surface area contributed by atoms with Crippen molar-refractivity contribution in [2.45, 2.75) is 83.7 Å². The third-order valence-corrected chi connectivity index (χ3v) is 4.06. The summed E-state index contributed by atoms with van der Waals surface area (Å²) in [4.78, 5) is 11.1. The van der Waals surface area contributed by atoms with Crippen LogP contribution in [0.5, 0.6) is 0 Å². The van der Waals surface area contributed by atoms with Crippen molar-refractivity contribution in [1.82, 2.24) is 0 Å². The number of rotatable bonds is 19. The van der Waals surface area contributed by atoms with Crippen molar-refractivity contribution in [1.29, 1.82) is 0 Å². The molecule has 0 radical (unpaired) electrons. The van der Waals surface area contributed by atoms with Gasteiger partial charge < -0.3 is 24.1 Å². The maximum Gasteiger partial charge on any atom is 0.0969 e. The number of hydrogen-bond acceptors (Lipinski definition) is 5. The molecule has 0 fully saturated rings. The Kier molecular flexibility index (Phi) is 18.2. The molecule has 0 aliphatic heterocycles. The molecule has 0 aromatic heterocycles. The second-order valence-corrected chi connectivity index (χ2v) is 6.25. The van der Waals surface area contributed by atoms with Gasteiger partial charge in [-0.1, -0.05) is 71.1 Å². The van der Waals surface area contributed by atoms with E-state index in [9.17, 15) is 9.90 Å². The lowest BCUT2D eigenvalue weighted by atomic mass is 10.0. The zero-order chi connectivity index (χ0) is 17.9. The van der Waals surface area contributed by atoms with Crippen molar-refractivity contribution in [3.8, 4) is 0 Å². The van der Waals surface area contributed by atoms with Crippen LogP contribution in [0, 0.1) is 0 Å². The molecular formula is C19H37O5-. The van der Waals surface area contributed by atoms with Gasteiger partial charge in [0, 0.05) is 7.11 Å². The van der Waals surface area contributed by atoms with Gasteiger partial charge in [0.2, 0.25) is 0 Å². The van der Waals surface area contributed by atoms with E-state index in [-0.39, 0.29) is 6.61 Å². The van der Waals surface area contributed by atoms with Crippen molar-refractivity contribution in [2.75, 3.05) is 33.5 Å². The van der Waals surface area contributed by atoms with E-state index in [0.717, 1.165) is 12.8 Å². The number of carboxylic acid groups (broad SMARTS) is 1. The molecule has 1 atom stereocenters. The molecule has 0 spiro atoms. The van der Waals surface area contributed by atoms with Crippen LogP contribution in [0.3, 0.4) is 0 Å². The van der Waals surface area contributed by atoms with Crippen molar-refractivity contribution < 1.29 is 24.1 Å². The van der Waals surface area contributed by atoms with Crippen LogP contribution in [-0.2, 0) is 19.0 Å². The first-order chi connectivity index (χ1) is 11.7. The van der Waals surface area contributed by atoms with E-state index in [1.54, 1.807) is 7.11 Å². The summed E-state index contributed by atoms with van der Waals surface area (Å²) in [6.07, 6.45) is 12.0. The van der Waals surface area contributed by atoms with Crippen LogP contribution in [0.15, 0.2) is 0 Å².